The molecule has 0 aromatic heterocycles. The van der Waals surface area contributed by atoms with Gasteiger partial charge in [0.2, 0.25) is 15.9 Å². The van der Waals surface area contributed by atoms with Crippen molar-refractivity contribution < 1.29 is 23.4 Å². The third-order valence-electron chi connectivity index (χ3n) is 2.30. The molecule has 6 N–H and O–H groups in total. The van der Waals surface area contributed by atoms with Crippen LogP contribution in [0, 0.1) is 0 Å². The predicted molar refractivity (Wildman–Crippen MR) is 62.6 cm³/mol. The minimum atomic E-state index is -3.89. The Morgan fingerprint density at radius 2 is 1.94 bits per heavy atom. The van der Waals surface area contributed by atoms with Crippen LogP contribution in [0.1, 0.15) is 18.1 Å². The number of hydrogen-bond acceptors (Lipinski definition) is 5. The second kappa shape index (κ2) is 5.44. The van der Waals surface area contributed by atoms with Crippen LogP contribution in [0.5, 0.6) is 0 Å². The highest BCUT2D eigenvalue weighted by molar-refractivity contribution is 7.89. The van der Waals surface area contributed by atoms with Crippen LogP contribution in [0.4, 0.5) is 0 Å². The summed E-state index contributed by atoms with van der Waals surface area (Å²) < 4.78 is 22.2. The molecule has 2 atom stereocenters. The number of sulfonamides is 1. The molecule has 1 rings (SSSR count). The smallest absolute Gasteiger partial charge is 0.238 e. The maximum absolute atomic E-state index is 11.1. The first kappa shape index (κ1) is 14.6. The van der Waals surface area contributed by atoms with Crippen molar-refractivity contribution in [2.45, 2.75) is 23.5 Å². The number of primary amides is 1. The van der Waals surface area contributed by atoms with Gasteiger partial charge in [0.05, 0.1) is 17.4 Å². The number of aliphatic hydroxyl groups is 2. The Balaban J connectivity index is 3.00. The van der Waals surface area contributed by atoms with E-state index in [2.05, 4.69) is 0 Å². The van der Waals surface area contributed by atoms with Gasteiger partial charge in [0.25, 0.3) is 0 Å². The van der Waals surface area contributed by atoms with Gasteiger partial charge in [0.1, 0.15) is 6.10 Å². The van der Waals surface area contributed by atoms with E-state index in [1.54, 1.807) is 0 Å². The van der Waals surface area contributed by atoms with Crippen LogP contribution in [-0.4, -0.2) is 30.6 Å². The van der Waals surface area contributed by atoms with Gasteiger partial charge in [0.15, 0.2) is 0 Å². The van der Waals surface area contributed by atoms with Crippen molar-refractivity contribution in [1.82, 2.24) is 0 Å². The van der Waals surface area contributed by atoms with E-state index in [0.29, 0.717) is 0 Å². The van der Waals surface area contributed by atoms with Crippen LogP contribution in [-0.2, 0) is 14.8 Å². The summed E-state index contributed by atoms with van der Waals surface area (Å²) in [6.07, 6.45) is -3.25. The second-order valence-electron chi connectivity index (χ2n) is 3.80. The Bertz CT molecular complexity index is 543. The number of aliphatic hydroxyl groups excluding tert-OH is 2. The Morgan fingerprint density at radius 3 is 2.44 bits per heavy atom. The Morgan fingerprint density at radius 1 is 1.33 bits per heavy atom. The maximum atomic E-state index is 11.1. The number of primary sulfonamides is 1. The number of rotatable bonds is 5. The monoisotopic (exact) mass is 274 g/mol. The lowest BCUT2D eigenvalue weighted by molar-refractivity contribution is -0.121. The summed E-state index contributed by atoms with van der Waals surface area (Å²) in [7, 11) is -3.89. The fourth-order valence-electron chi connectivity index (χ4n) is 1.42. The third kappa shape index (κ3) is 3.77. The molecule has 0 fully saturated rings. The minimum Gasteiger partial charge on any atom is -0.390 e. The van der Waals surface area contributed by atoms with Gasteiger partial charge in [-0.3, -0.25) is 4.79 Å². The molecule has 18 heavy (non-hydrogen) atoms. The molecule has 1 aromatic rings. The van der Waals surface area contributed by atoms with Gasteiger partial charge in [-0.05, 0) is 17.7 Å². The molecule has 0 aliphatic carbocycles. The highest BCUT2D eigenvalue weighted by Crippen LogP contribution is 2.21. The summed E-state index contributed by atoms with van der Waals surface area (Å²) >= 11 is 0. The summed E-state index contributed by atoms with van der Waals surface area (Å²) in [5.41, 5.74) is 5.02. The standard InChI is InChI=1S/C10H14N2O5S/c11-9(14)5-8(13)10(15)6-2-1-3-7(4-6)18(12,16)17/h1-4,8,10,13,15H,5H2,(H2,11,14)(H2,12,16,17). The number of carbonyl (C=O) groups is 1. The van der Waals surface area contributed by atoms with Crippen LogP contribution in [0.2, 0.25) is 0 Å². The molecule has 2 unspecified atom stereocenters. The maximum Gasteiger partial charge on any atom is 0.238 e. The summed E-state index contributed by atoms with van der Waals surface area (Å²) in [6.45, 7) is 0. The predicted octanol–water partition coefficient (Wildman–Crippen LogP) is -1.40. The molecule has 0 saturated heterocycles. The molecule has 0 aliphatic rings. The van der Waals surface area contributed by atoms with Crippen molar-refractivity contribution in [2.24, 2.45) is 10.9 Å². The number of carbonyl (C=O) groups excluding carboxylic acids is 1. The van der Waals surface area contributed by atoms with Crippen LogP contribution in [0.25, 0.3) is 0 Å². The molecule has 0 heterocycles. The zero-order valence-electron chi connectivity index (χ0n) is 9.35. The van der Waals surface area contributed by atoms with E-state index in [0.717, 1.165) is 6.07 Å². The molecule has 0 spiro atoms. The number of hydrogen-bond donors (Lipinski definition) is 4. The first-order valence-corrected chi connectivity index (χ1v) is 6.53. The normalized spacial score (nSPS) is 15.1. The highest BCUT2D eigenvalue weighted by Gasteiger charge is 2.21. The topological polar surface area (TPSA) is 144 Å². The first-order valence-electron chi connectivity index (χ1n) is 4.99. The lowest BCUT2D eigenvalue weighted by Crippen LogP contribution is -2.25. The highest BCUT2D eigenvalue weighted by atomic mass is 32.2. The van der Waals surface area contributed by atoms with Gasteiger partial charge in [-0.25, -0.2) is 13.6 Å². The van der Waals surface area contributed by atoms with Crippen molar-refractivity contribution >= 4 is 15.9 Å². The molecule has 0 saturated carbocycles. The molecular weight excluding hydrogens is 260 g/mol. The summed E-state index contributed by atoms with van der Waals surface area (Å²) in [5, 5.41) is 24.2. The first-order chi connectivity index (χ1) is 8.21. The fourth-order valence-corrected chi connectivity index (χ4v) is 1.98. The molecule has 0 aliphatic heterocycles. The SMILES string of the molecule is NC(=O)CC(O)C(O)c1cccc(S(N)(=O)=O)c1. The van der Waals surface area contributed by atoms with Gasteiger partial charge in [-0.1, -0.05) is 12.1 Å². The van der Waals surface area contributed by atoms with E-state index < -0.39 is 34.6 Å². The lowest BCUT2D eigenvalue weighted by Gasteiger charge is -2.17. The van der Waals surface area contributed by atoms with E-state index in [4.69, 9.17) is 10.9 Å². The zero-order valence-corrected chi connectivity index (χ0v) is 10.2. The molecule has 1 aromatic carbocycles. The molecule has 1 amide bonds. The molecule has 7 nitrogen and oxygen atoms in total. The minimum absolute atomic E-state index is 0.135. The van der Waals surface area contributed by atoms with E-state index in [1.165, 1.54) is 18.2 Å². The van der Waals surface area contributed by atoms with Crippen molar-refractivity contribution in [3.63, 3.8) is 0 Å². The third-order valence-corrected chi connectivity index (χ3v) is 3.21. The molecule has 100 valence electrons. The van der Waals surface area contributed by atoms with Gasteiger partial charge in [-0.15, -0.1) is 0 Å². The Hall–Kier alpha value is -1.48. The van der Waals surface area contributed by atoms with Crippen LogP contribution < -0.4 is 10.9 Å². The largest absolute Gasteiger partial charge is 0.390 e. The van der Waals surface area contributed by atoms with Gasteiger partial charge in [0, 0.05) is 0 Å². The van der Waals surface area contributed by atoms with Gasteiger partial charge < -0.3 is 15.9 Å². The molecule has 0 bridgehead atoms. The Kier molecular flexibility index (Phi) is 4.41. The van der Waals surface area contributed by atoms with Gasteiger partial charge in [-0.2, -0.15) is 0 Å². The van der Waals surface area contributed by atoms with Crippen molar-refractivity contribution in [3.05, 3.63) is 29.8 Å². The van der Waals surface area contributed by atoms with E-state index in [-0.39, 0.29) is 10.5 Å². The summed E-state index contributed by atoms with van der Waals surface area (Å²) in [4.78, 5) is 10.4. The van der Waals surface area contributed by atoms with E-state index >= 15 is 0 Å². The van der Waals surface area contributed by atoms with Crippen LogP contribution >= 0.6 is 0 Å². The average molecular weight is 274 g/mol. The van der Waals surface area contributed by atoms with Crippen LogP contribution in [0.3, 0.4) is 0 Å². The molecule has 0 radical (unpaired) electrons. The molecular formula is C10H14N2O5S. The zero-order chi connectivity index (χ0) is 13.9. The van der Waals surface area contributed by atoms with E-state index in [9.17, 15) is 23.4 Å². The Labute approximate surface area is 104 Å². The average Bonchev–Trinajstić information content (AvgIpc) is 2.26. The molecule has 8 heteroatoms. The van der Waals surface area contributed by atoms with Crippen molar-refractivity contribution in [1.29, 1.82) is 0 Å². The number of benzene rings is 1. The quantitative estimate of drug-likeness (QED) is 0.522. The van der Waals surface area contributed by atoms with Crippen molar-refractivity contribution in [2.75, 3.05) is 0 Å². The number of nitrogens with two attached hydrogens (primary N) is 2. The summed E-state index contributed by atoms with van der Waals surface area (Å²) in [6, 6.07) is 5.16. The van der Waals surface area contributed by atoms with E-state index in [1.807, 2.05) is 0 Å². The fraction of sp³-hybridized carbons (Fsp3) is 0.300. The van der Waals surface area contributed by atoms with Crippen molar-refractivity contribution in [3.8, 4) is 0 Å². The van der Waals surface area contributed by atoms with Crippen LogP contribution in [0.15, 0.2) is 29.2 Å². The number of amides is 1. The van der Waals surface area contributed by atoms with Gasteiger partial charge >= 0.3 is 0 Å². The lowest BCUT2D eigenvalue weighted by atomic mass is 10.0. The second-order valence-corrected chi connectivity index (χ2v) is 5.36. The summed E-state index contributed by atoms with van der Waals surface area (Å²) in [5.74, 6) is -0.774.